The van der Waals surface area contributed by atoms with Crippen LogP contribution in [-0.4, -0.2) is 23.5 Å². The Morgan fingerprint density at radius 2 is 1.78 bits per heavy atom. The fraction of sp³-hybridized carbons (Fsp3) is 0.529. The number of anilines is 1. The van der Waals surface area contributed by atoms with Gasteiger partial charge in [-0.15, -0.1) is 0 Å². The van der Waals surface area contributed by atoms with Crippen molar-refractivity contribution in [2.75, 3.05) is 5.32 Å². The van der Waals surface area contributed by atoms with E-state index >= 15 is 0 Å². The van der Waals surface area contributed by atoms with Gasteiger partial charge >= 0.3 is 6.03 Å². The summed E-state index contributed by atoms with van der Waals surface area (Å²) in [5.74, 6) is -0.0755. The highest BCUT2D eigenvalue weighted by atomic mass is 16.2. The van der Waals surface area contributed by atoms with Crippen molar-refractivity contribution in [1.29, 1.82) is 0 Å². The topological polar surface area (TPSA) is 96.2 Å². The molecule has 126 valence electrons. The molecule has 3 amide bonds. The minimum Gasteiger partial charge on any atom is -0.350 e. The molecule has 1 aliphatic rings. The van der Waals surface area contributed by atoms with Crippen LogP contribution in [0.1, 0.15) is 45.1 Å². The van der Waals surface area contributed by atoms with Crippen molar-refractivity contribution in [3.8, 4) is 0 Å². The van der Waals surface area contributed by atoms with Gasteiger partial charge in [0.1, 0.15) is 0 Å². The third-order valence-electron chi connectivity index (χ3n) is 4.03. The lowest BCUT2D eigenvalue weighted by molar-refractivity contribution is -0.126. The average molecular weight is 318 g/mol. The van der Waals surface area contributed by atoms with Gasteiger partial charge in [-0.2, -0.15) is 0 Å². The van der Waals surface area contributed by atoms with Crippen molar-refractivity contribution in [3.63, 3.8) is 0 Å². The Labute approximate surface area is 137 Å². The van der Waals surface area contributed by atoms with Gasteiger partial charge in [-0.25, -0.2) is 4.79 Å². The maximum Gasteiger partial charge on any atom is 0.319 e. The summed E-state index contributed by atoms with van der Waals surface area (Å²) in [6.45, 7) is 4.25. The van der Waals surface area contributed by atoms with Crippen molar-refractivity contribution in [3.05, 3.63) is 29.8 Å². The molecule has 6 heteroatoms. The number of hydrogen-bond acceptors (Lipinski definition) is 3. The maximum absolute atomic E-state index is 12.2. The maximum atomic E-state index is 12.2. The Bertz CT molecular complexity index is 548. The van der Waals surface area contributed by atoms with Gasteiger partial charge in [-0.1, -0.05) is 25.0 Å². The molecule has 0 aliphatic heterocycles. The van der Waals surface area contributed by atoms with E-state index < -0.39 is 5.54 Å². The Morgan fingerprint density at radius 1 is 1.17 bits per heavy atom. The molecule has 0 spiro atoms. The number of carbonyl (C=O) groups excluding carboxylic acids is 2. The van der Waals surface area contributed by atoms with Gasteiger partial charge in [0.2, 0.25) is 5.91 Å². The second-order valence-electron chi connectivity index (χ2n) is 6.50. The number of nitrogens with one attached hydrogen (secondary N) is 3. The lowest BCUT2D eigenvalue weighted by atomic mass is 9.98. The molecule has 5 N–H and O–H groups in total. The van der Waals surface area contributed by atoms with E-state index in [1.165, 1.54) is 0 Å². The molecule has 1 aromatic carbocycles. The molecule has 0 aromatic heterocycles. The molecule has 0 unspecified atom stereocenters. The normalized spacial score (nSPS) is 16.2. The summed E-state index contributed by atoms with van der Waals surface area (Å²) in [7, 11) is 0. The number of urea groups is 1. The lowest BCUT2D eigenvalue weighted by Crippen LogP contribution is -2.51. The van der Waals surface area contributed by atoms with Crippen LogP contribution in [0.2, 0.25) is 0 Å². The van der Waals surface area contributed by atoms with Crippen LogP contribution in [0.5, 0.6) is 0 Å². The smallest absolute Gasteiger partial charge is 0.319 e. The second kappa shape index (κ2) is 7.46. The number of nitrogens with two attached hydrogens (primary N) is 1. The van der Waals surface area contributed by atoms with Crippen LogP contribution in [0.25, 0.3) is 0 Å². The van der Waals surface area contributed by atoms with Crippen LogP contribution >= 0.6 is 0 Å². The summed E-state index contributed by atoms with van der Waals surface area (Å²) < 4.78 is 0. The van der Waals surface area contributed by atoms with E-state index in [4.69, 9.17) is 5.73 Å². The molecule has 0 atom stereocenters. The Hall–Kier alpha value is -2.08. The number of rotatable bonds is 5. The van der Waals surface area contributed by atoms with Crippen molar-refractivity contribution in [2.24, 2.45) is 5.73 Å². The van der Waals surface area contributed by atoms with E-state index in [1.54, 1.807) is 0 Å². The third kappa shape index (κ3) is 4.96. The first-order valence-electron chi connectivity index (χ1n) is 8.13. The predicted octanol–water partition coefficient (Wildman–Crippen LogP) is 2.10. The van der Waals surface area contributed by atoms with Gasteiger partial charge in [0.25, 0.3) is 0 Å². The molecule has 0 saturated heterocycles. The molecule has 0 bridgehead atoms. The molecule has 0 heterocycles. The monoisotopic (exact) mass is 318 g/mol. The third-order valence-corrected chi connectivity index (χ3v) is 4.03. The van der Waals surface area contributed by atoms with E-state index in [2.05, 4.69) is 16.0 Å². The quantitative estimate of drug-likeness (QED) is 0.669. The van der Waals surface area contributed by atoms with E-state index in [0.29, 0.717) is 12.2 Å². The van der Waals surface area contributed by atoms with Crippen LogP contribution in [0.15, 0.2) is 24.3 Å². The molecule has 2 rings (SSSR count). The summed E-state index contributed by atoms with van der Waals surface area (Å²) in [5.41, 5.74) is 7.10. The molecular weight excluding hydrogens is 292 g/mol. The average Bonchev–Trinajstić information content (AvgIpc) is 2.93. The minimum atomic E-state index is -0.698. The van der Waals surface area contributed by atoms with Crippen molar-refractivity contribution < 1.29 is 9.59 Å². The molecule has 1 aliphatic carbocycles. The van der Waals surface area contributed by atoms with Gasteiger partial charge in [0.05, 0.1) is 5.54 Å². The number of carbonyl (C=O) groups is 2. The summed E-state index contributed by atoms with van der Waals surface area (Å²) in [4.78, 5) is 23.8. The minimum absolute atomic E-state index is 0.0755. The molecule has 6 nitrogen and oxygen atoms in total. The highest BCUT2D eigenvalue weighted by molar-refractivity contribution is 5.89. The van der Waals surface area contributed by atoms with Crippen molar-refractivity contribution >= 4 is 17.6 Å². The van der Waals surface area contributed by atoms with Gasteiger partial charge in [0, 0.05) is 18.3 Å². The number of hydrogen-bond donors (Lipinski definition) is 4. The molecule has 23 heavy (non-hydrogen) atoms. The fourth-order valence-corrected chi connectivity index (χ4v) is 2.73. The largest absolute Gasteiger partial charge is 0.350 e. The zero-order valence-electron chi connectivity index (χ0n) is 13.8. The van der Waals surface area contributed by atoms with Gasteiger partial charge in [-0.3, -0.25) is 4.79 Å². The van der Waals surface area contributed by atoms with Crippen LogP contribution in [0.3, 0.4) is 0 Å². The molecule has 1 fully saturated rings. The van der Waals surface area contributed by atoms with Crippen LogP contribution < -0.4 is 21.7 Å². The molecule has 0 radical (unpaired) electrons. The van der Waals surface area contributed by atoms with Crippen LogP contribution in [-0.2, 0) is 11.3 Å². The highest BCUT2D eigenvalue weighted by Crippen LogP contribution is 2.27. The number of benzene rings is 1. The second-order valence-corrected chi connectivity index (χ2v) is 6.50. The zero-order valence-corrected chi connectivity index (χ0v) is 13.8. The van der Waals surface area contributed by atoms with E-state index in [9.17, 15) is 9.59 Å². The predicted molar refractivity (Wildman–Crippen MR) is 91.0 cm³/mol. The fourth-order valence-electron chi connectivity index (χ4n) is 2.73. The van der Waals surface area contributed by atoms with Crippen LogP contribution in [0, 0.1) is 0 Å². The summed E-state index contributed by atoms with van der Waals surface area (Å²) in [6, 6.07) is 7.24. The van der Waals surface area contributed by atoms with Gasteiger partial charge < -0.3 is 21.7 Å². The van der Waals surface area contributed by atoms with Gasteiger partial charge in [-0.05, 0) is 44.4 Å². The SMILES string of the molecule is CC(C)NC(=O)Nc1ccc(CNC(=O)C2(N)CCCC2)cc1. The Balaban J connectivity index is 1.83. The summed E-state index contributed by atoms with van der Waals surface area (Å²) in [5, 5.41) is 8.42. The van der Waals surface area contributed by atoms with Crippen molar-refractivity contribution in [2.45, 2.75) is 57.7 Å². The van der Waals surface area contributed by atoms with E-state index in [-0.39, 0.29) is 18.0 Å². The standard InChI is InChI=1S/C17H26N4O2/c1-12(2)20-16(23)21-14-7-5-13(6-8-14)11-19-15(22)17(18)9-3-4-10-17/h5-8,12H,3-4,9-11,18H2,1-2H3,(H,19,22)(H2,20,21,23). The highest BCUT2D eigenvalue weighted by Gasteiger charge is 2.36. The van der Waals surface area contributed by atoms with E-state index in [1.807, 2.05) is 38.1 Å². The Kier molecular flexibility index (Phi) is 5.60. The Morgan fingerprint density at radius 3 is 2.35 bits per heavy atom. The summed E-state index contributed by atoms with van der Waals surface area (Å²) >= 11 is 0. The summed E-state index contributed by atoms with van der Waals surface area (Å²) in [6.07, 6.45) is 3.55. The molecular formula is C17H26N4O2. The molecule has 1 saturated carbocycles. The zero-order chi connectivity index (χ0) is 16.9. The van der Waals surface area contributed by atoms with E-state index in [0.717, 1.165) is 31.2 Å². The van der Waals surface area contributed by atoms with Crippen LogP contribution in [0.4, 0.5) is 10.5 Å². The molecule has 1 aromatic rings. The first-order valence-corrected chi connectivity index (χ1v) is 8.13. The van der Waals surface area contributed by atoms with Crippen molar-refractivity contribution in [1.82, 2.24) is 10.6 Å². The first-order chi connectivity index (χ1) is 10.9. The number of amides is 3. The van der Waals surface area contributed by atoms with Gasteiger partial charge in [0.15, 0.2) is 0 Å². The first kappa shape index (κ1) is 17.3. The lowest BCUT2D eigenvalue weighted by Gasteiger charge is -2.22.